The van der Waals surface area contributed by atoms with Gasteiger partial charge in [0.1, 0.15) is 12.4 Å². The van der Waals surface area contributed by atoms with Crippen LogP contribution in [0.25, 0.3) is 0 Å². The first-order chi connectivity index (χ1) is 9.01. The van der Waals surface area contributed by atoms with E-state index in [1.807, 2.05) is 0 Å². The van der Waals surface area contributed by atoms with Crippen molar-refractivity contribution >= 4 is 17.6 Å². The predicted octanol–water partition coefficient (Wildman–Crippen LogP) is 1.58. The largest absolute Gasteiger partial charge is 0.481 e. The normalized spacial score (nSPS) is 17.1. The van der Waals surface area contributed by atoms with Gasteiger partial charge >= 0.3 is 11.7 Å². The number of nitrogens with zero attached hydrogens (tertiary/aromatic N) is 3. The molecule has 0 aliphatic heterocycles. The van der Waals surface area contributed by atoms with E-state index in [1.54, 1.807) is 0 Å². The summed E-state index contributed by atoms with van der Waals surface area (Å²) in [5.41, 5.74) is -0.730. The molecule has 1 fully saturated rings. The van der Waals surface area contributed by atoms with Gasteiger partial charge in [0.05, 0.1) is 16.9 Å². The van der Waals surface area contributed by atoms with Gasteiger partial charge in [0.25, 0.3) is 0 Å². The van der Waals surface area contributed by atoms with E-state index in [-0.39, 0.29) is 18.1 Å². The molecule has 0 bridgehead atoms. The monoisotopic (exact) mass is 266 g/mol. The lowest BCUT2D eigenvalue weighted by atomic mass is 9.93. The smallest absolute Gasteiger partial charge is 0.305 e. The zero-order valence-corrected chi connectivity index (χ0v) is 10.2. The van der Waals surface area contributed by atoms with Crippen LogP contribution in [0.5, 0.6) is 0 Å². The molecule has 0 atom stereocenters. The molecule has 1 aliphatic carbocycles. The van der Waals surface area contributed by atoms with Crippen molar-refractivity contribution in [1.29, 1.82) is 0 Å². The molecular weight excluding hydrogens is 252 g/mol. The second-order valence-electron chi connectivity index (χ2n) is 4.70. The van der Waals surface area contributed by atoms with Crippen LogP contribution in [0.2, 0.25) is 0 Å². The van der Waals surface area contributed by atoms with E-state index in [0.29, 0.717) is 0 Å². The van der Waals surface area contributed by atoms with E-state index in [0.717, 1.165) is 38.1 Å². The zero-order chi connectivity index (χ0) is 13.9. The number of anilines is 1. The van der Waals surface area contributed by atoms with Gasteiger partial charge in [0.2, 0.25) is 5.95 Å². The van der Waals surface area contributed by atoms with Crippen molar-refractivity contribution < 1.29 is 14.8 Å². The summed E-state index contributed by atoms with van der Waals surface area (Å²) in [7, 11) is 0. The van der Waals surface area contributed by atoms with Gasteiger partial charge in [-0.2, -0.15) is 0 Å². The number of aromatic nitrogens is 2. The minimum atomic E-state index is -0.878. The molecule has 8 heteroatoms. The third-order valence-corrected chi connectivity index (χ3v) is 3.28. The summed E-state index contributed by atoms with van der Waals surface area (Å²) >= 11 is 0. The first kappa shape index (κ1) is 13.2. The van der Waals surface area contributed by atoms with Gasteiger partial charge < -0.3 is 10.4 Å². The Bertz CT molecular complexity index is 482. The molecule has 0 aromatic carbocycles. The number of carboxylic acid groups (broad SMARTS) is 1. The topological polar surface area (TPSA) is 118 Å². The molecule has 19 heavy (non-hydrogen) atoms. The highest BCUT2D eigenvalue weighted by Crippen LogP contribution is 2.35. The Hall–Kier alpha value is -2.25. The molecule has 1 aromatic rings. The molecule has 0 saturated heterocycles. The second kappa shape index (κ2) is 5.17. The summed E-state index contributed by atoms with van der Waals surface area (Å²) in [6, 6.07) is 0. The maximum Gasteiger partial charge on any atom is 0.305 e. The first-order valence-electron chi connectivity index (χ1n) is 5.97. The summed E-state index contributed by atoms with van der Waals surface area (Å²) in [5, 5.41) is 22.5. The van der Waals surface area contributed by atoms with E-state index in [2.05, 4.69) is 15.3 Å². The number of carbonyl (C=O) groups is 1. The van der Waals surface area contributed by atoms with Crippen LogP contribution in [-0.2, 0) is 4.79 Å². The maximum absolute atomic E-state index is 10.9. The number of hydrogen-bond acceptors (Lipinski definition) is 6. The van der Waals surface area contributed by atoms with E-state index in [1.165, 1.54) is 0 Å². The van der Waals surface area contributed by atoms with Crippen molar-refractivity contribution in [2.24, 2.45) is 0 Å². The molecule has 102 valence electrons. The molecule has 0 spiro atoms. The number of nitro groups is 1. The van der Waals surface area contributed by atoms with Gasteiger partial charge in [0, 0.05) is 0 Å². The van der Waals surface area contributed by atoms with Crippen molar-refractivity contribution in [3.63, 3.8) is 0 Å². The van der Waals surface area contributed by atoms with Crippen LogP contribution < -0.4 is 5.32 Å². The molecule has 8 nitrogen and oxygen atoms in total. The maximum atomic E-state index is 10.9. The average molecular weight is 266 g/mol. The van der Waals surface area contributed by atoms with E-state index in [9.17, 15) is 14.9 Å². The van der Waals surface area contributed by atoms with Crippen LogP contribution in [-0.4, -0.2) is 31.5 Å². The molecule has 2 rings (SSSR count). The van der Waals surface area contributed by atoms with Crippen LogP contribution in [0.3, 0.4) is 0 Å². The van der Waals surface area contributed by atoms with Crippen LogP contribution in [0.15, 0.2) is 12.4 Å². The minimum absolute atomic E-state index is 0.00660. The van der Waals surface area contributed by atoms with E-state index >= 15 is 0 Å². The Morgan fingerprint density at radius 3 is 2.47 bits per heavy atom. The van der Waals surface area contributed by atoms with E-state index < -0.39 is 16.4 Å². The molecular formula is C11H14N4O4. The summed E-state index contributed by atoms with van der Waals surface area (Å²) < 4.78 is 0. The quantitative estimate of drug-likeness (QED) is 0.613. The molecule has 2 N–H and O–H groups in total. The third-order valence-electron chi connectivity index (χ3n) is 3.28. The lowest BCUT2D eigenvalue weighted by molar-refractivity contribution is -0.385. The van der Waals surface area contributed by atoms with Gasteiger partial charge in [-0.15, -0.1) is 0 Å². The van der Waals surface area contributed by atoms with Crippen molar-refractivity contribution in [1.82, 2.24) is 9.97 Å². The number of nitrogens with one attached hydrogen (secondary N) is 1. The fraction of sp³-hybridized carbons (Fsp3) is 0.545. The van der Waals surface area contributed by atoms with Crippen LogP contribution in [0.1, 0.15) is 32.1 Å². The summed E-state index contributed by atoms with van der Waals surface area (Å²) in [4.78, 5) is 28.6. The van der Waals surface area contributed by atoms with Crippen LogP contribution in [0.4, 0.5) is 11.6 Å². The Labute approximate surface area is 109 Å². The van der Waals surface area contributed by atoms with Crippen LogP contribution >= 0.6 is 0 Å². The Balaban J connectivity index is 2.13. The Kier molecular flexibility index (Phi) is 3.59. The van der Waals surface area contributed by atoms with Gasteiger partial charge in [-0.3, -0.25) is 14.9 Å². The highest BCUT2D eigenvalue weighted by molar-refractivity contribution is 5.69. The van der Waals surface area contributed by atoms with Gasteiger partial charge in [-0.05, 0) is 12.8 Å². The SMILES string of the molecule is O=C(O)CC1(Nc2ncc([N+](=O)[O-])cn2)CCCC1. The van der Waals surface area contributed by atoms with Gasteiger partial charge in [0.15, 0.2) is 0 Å². The van der Waals surface area contributed by atoms with Crippen molar-refractivity contribution in [2.75, 3.05) is 5.32 Å². The molecule has 0 radical (unpaired) electrons. The predicted molar refractivity (Wildman–Crippen MR) is 65.8 cm³/mol. The third kappa shape index (κ3) is 3.15. The summed E-state index contributed by atoms with van der Waals surface area (Å²) in [6.45, 7) is 0. The number of rotatable bonds is 5. The number of aliphatic carboxylic acids is 1. The minimum Gasteiger partial charge on any atom is -0.481 e. The second-order valence-corrected chi connectivity index (χ2v) is 4.70. The van der Waals surface area contributed by atoms with Gasteiger partial charge in [-0.1, -0.05) is 12.8 Å². The highest BCUT2D eigenvalue weighted by atomic mass is 16.6. The van der Waals surface area contributed by atoms with Crippen LogP contribution in [0, 0.1) is 10.1 Å². The molecule has 1 aliphatic rings. The van der Waals surface area contributed by atoms with Crippen molar-refractivity contribution in [3.8, 4) is 0 Å². The Morgan fingerprint density at radius 2 is 2.00 bits per heavy atom. The fourth-order valence-electron chi connectivity index (χ4n) is 2.40. The zero-order valence-electron chi connectivity index (χ0n) is 10.2. The van der Waals surface area contributed by atoms with E-state index in [4.69, 9.17) is 5.11 Å². The summed E-state index contributed by atoms with van der Waals surface area (Å²) in [6.07, 6.45) is 5.59. The number of carboxylic acids is 1. The molecule has 1 aromatic heterocycles. The Morgan fingerprint density at radius 1 is 1.42 bits per heavy atom. The number of hydrogen-bond donors (Lipinski definition) is 2. The lowest BCUT2D eigenvalue weighted by Crippen LogP contribution is -2.38. The molecule has 1 saturated carbocycles. The van der Waals surface area contributed by atoms with Crippen molar-refractivity contribution in [2.45, 2.75) is 37.6 Å². The van der Waals surface area contributed by atoms with Gasteiger partial charge in [-0.25, -0.2) is 9.97 Å². The standard InChI is InChI=1S/C11H14N4O4/c16-9(17)5-11(3-1-2-4-11)14-10-12-6-8(7-13-10)15(18)19/h6-7H,1-5H2,(H,16,17)(H,12,13,14). The summed E-state index contributed by atoms with van der Waals surface area (Å²) in [5.74, 6) is -0.648. The van der Waals surface area contributed by atoms with Crippen molar-refractivity contribution in [3.05, 3.63) is 22.5 Å². The molecule has 1 heterocycles. The first-order valence-corrected chi connectivity index (χ1v) is 5.97. The lowest BCUT2D eigenvalue weighted by Gasteiger charge is -2.28. The molecule has 0 amide bonds. The fourth-order valence-corrected chi connectivity index (χ4v) is 2.40. The molecule has 0 unspecified atom stereocenters. The average Bonchev–Trinajstić information content (AvgIpc) is 2.77. The highest BCUT2D eigenvalue weighted by Gasteiger charge is 2.36.